The summed E-state index contributed by atoms with van der Waals surface area (Å²) in [6.45, 7) is 5.02. The molecule has 1 N–H and O–H groups in total. The maximum Gasteiger partial charge on any atom is 0.296 e. The topological polar surface area (TPSA) is 73.6 Å². The molecule has 1 aliphatic carbocycles. The van der Waals surface area contributed by atoms with Gasteiger partial charge in [-0.15, -0.1) is 0 Å². The Morgan fingerprint density at radius 1 is 1.35 bits per heavy atom. The summed E-state index contributed by atoms with van der Waals surface area (Å²) in [5.41, 5.74) is 0.592. The third-order valence-electron chi connectivity index (χ3n) is 3.33. The van der Waals surface area contributed by atoms with Gasteiger partial charge in [0.1, 0.15) is 11.4 Å². The molecule has 6 nitrogen and oxygen atoms in total. The first kappa shape index (κ1) is 14.6. The molecule has 0 unspecified atom stereocenters. The normalized spacial score (nSPS) is 21.1. The summed E-state index contributed by atoms with van der Waals surface area (Å²) in [5.74, 6) is 0.519. The van der Waals surface area contributed by atoms with E-state index >= 15 is 0 Å². The molecule has 1 saturated carbocycles. The highest BCUT2D eigenvalue weighted by molar-refractivity contribution is 5.64. The molecule has 2 rings (SSSR count). The number of nitro benzene ring substituents is 1. The fourth-order valence-electron chi connectivity index (χ4n) is 2.32. The quantitative estimate of drug-likeness (QED) is 0.614. The van der Waals surface area contributed by atoms with E-state index in [4.69, 9.17) is 9.47 Å². The van der Waals surface area contributed by atoms with Crippen LogP contribution in [-0.4, -0.2) is 30.3 Å². The number of nitro groups is 1. The third-order valence-corrected chi connectivity index (χ3v) is 3.33. The lowest BCUT2D eigenvalue weighted by Gasteiger charge is -2.35. The number of ether oxygens (including phenoxy) is 2. The average Bonchev–Trinajstić information content (AvgIpc) is 2.38. The summed E-state index contributed by atoms with van der Waals surface area (Å²) >= 11 is 0. The highest BCUT2D eigenvalue weighted by Crippen LogP contribution is 2.33. The molecule has 0 saturated heterocycles. The Morgan fingerprint density at radius 2 is 2.10 bits per heavy atom. The van der Waals surface area contributed by atoms with Crippen molar-refractivity contribution in [3.63, 3.8) is 0 Å². The number of benzene rings is 1. The smallest absolute Gasteiger partial charge is 0.296 e. The van der Waals surface area contributed by atoms with Crippen LogP contribution in [0.1, 0.15) is 26.7 Å². The number of rotatable bonds is 7. The van der Waals surface area contributed by atoms with Gasteiger partial charge in [-0.3, -0.25) is 10.1 Å². The second-order valence-electron chi connectivity index (χ2n) is 4.76. The zero-order chi connectivity index (χ0) is 14.5. The Morgan fingerprint density at radius 3 is 2.70 bits per heavy atom. The van der Waals surface area contributed by atoms with E-state index in [-0.39, 0.29) is 22.8 Å². The highest BCUT2D eigenvalue weighted by Gasteiger charge is 2.31. The molecule has 20 heavy (non-hydrogen) atoms. The Labute approximate surface area is 118 Å². The maximum atomic E-state index is 11.1. The van der Waals surface area contributed by atoms with Crippen LogP contribution in [0.4, 0.5) is 11.4 Å². The number of hydrogen-bond donors (Lipinski definition) is 1. The van der Waals surface area contributed by atoms with Crippen LogP contribution in [0.25, 0.3) is 0 Å². The van der Waals surface area contributed by atoms with Crippen LogP contribution in [0, 0.1) is 10.1 Å². The molecule has 110 valence electrons. The minimum absolute atomic E-state index is 0.0517. The van der Waals surface area contributed by atoms with E-state index in [2.05, 4.69) is 5.32 Å². The first-order valence-electron chi connectivity index (χ1n) is 6.93. The highest BCUT2D eigenvalue weighted by atomic mass is 16.6. The average molecular weight is 280 g/mol. The predicted molar refractivity (Wildman–Crippen MR) is 76.3 cm³/mol. The monoisotopic (exact) mass is 280 g/mol. The summed E-state index contributed by atoms with van der Waals surface area (Å²) in [6.07, 6.45) is 2.05. The van der Waals surface area contributed by atoms with Crippen molar-refractivity contribution in [3.8, 4) is 5.75 Å². The van der Waals surface area contributed by atoms with Crippen molar-refractivity contribution in [1.82, 2.24) is 0 Å². The van der Waals surface area contributed by atoms with Gasteiger partial charge < -0.3 is 14.8 Å². The van der Waals surface area contributed by atoms with Gasteiger partial charge in [-0.2, -0.15) is 0 Å². The van der Waals surface area contributed by atoms with Gasteiger partial charge in [0.2, 0.25) is 0 Å². The number of anilines is 1. The van der Waals surface area contributed by atoms with E-state index in [0.29, 0.717) is 24.7 Å². The van der Waals surface area contributed by atoms with Crippen LogP contribution in [-0.2, 0) is 4.74 Å². The molecular weight excluding hydrogens is 260 g/mol. The first-order chi connectivity index (χ1) is 9.63. The van der Waals surface area contributed by atoms with Gasteiger partial charge in [0.25, 0.3) is 5.69 Å². The largest absolute Gasteiger partial charge is 0.494 e. The first-order valence-corrected chi connectivity index (χ1v) is 6.93. The summed E-state index contributed by atoms with van der Waals surface area (Å²) in [4.78, 5) is 10.7. The molecular formula is C14H20N2O4. The van der Waals surface area contributed by atoms with E-state index in [9.17, 15) is 10.1 Å². The van der Waals surface area contributed by atoms with Crippen LogP contribution in [0.15, 0.2) is 18.2 Å². The summed E-state index contributed by atoms with van der Waals surface area (Å²) < 4.78 is 10.8. The lowest BCUT2D eigenvalue weighted by molar-refractivity contribution is -0.384. The van der Waals surface area contributed by atoms with Gasteiger partial charge in [-0.25, -0.2) is 0 Å². The van der Waals surface area contributed by atoms with Crippen molar-refractivity contribution in [1.29, 1.82) is 0 Å². The van der Waals surface area contributed by atoms with Gasteiger partial charge >= 0.3 is 0 Å². The molecule has 6 heteroatoms. The van der Waals surface area contributed by atoms with Crippen LogP contribution in [0.5, 0.6) is 5.75 Å². The van der Waals surface area contributed by atoms with Gasteiger partial charge in [-0.1, -0.05) is 0 Å². The number of nitrogens with zero attached hydrogens (tertiary/aromatic N) is 1. The molecule has 0 spiro atoms. The minimum atomic E-state index is -0.385. The van der Waals surface area contributed by atoms with Crippen LogP contribution < -0.4 is 10.1 Å². The maximum absolute atomic E-state index is 11.1. The van der Waals surface area contributed by atoms with Crippen molar-refractivity contribution in [2.24, 2.45) is 0 Å². The van der Waals surface area contributed by atoms with E-state index in [0.717, 1.165) is 12.8 Å². The lowest BCUT2D eigenvalue weighted by Crippen LogP contribution is -2.40. The number of nitrogens with one attached hydrogen (secondary N) is 1. The summed E-state index contributed by atoms with van der Waals surface area (Å²) in [6, 6.07) is 5.15. The molecule has 0 atom stereocenters. The van der Waals surface area contributed by atoms with Crippen LogP contribution >= 0.6 is 0 Å². The van der Waals surface area contributed by atoms with Crippen molar-refractivity contribution in [3.05, 3.63) is 28.3 Å². The molecule has 1 aromatic rings. The summed E-state index contributed by atoms with van der Waals surface area (Å²) in [5, 5.41) is 14.3. The molecule has 0 amide bonds. The Balaban J connectivity index is 2.02. The van der Waals surface area contributed by atoms with E-state index < -0.39 is 0 Å². The fraction of sp³-hybridized carbons (Fsp3) is 0.571. The molecule has 1 fully saturated rings. The second-order valence-corrected chi connectivity index (χ2v) is 4.76. The molecule has 0 radical (unpaired) electrons. The zero-order valence-corrected chi connectivity index (χ0v) is 11.8. The van der Waals surface area contributed by atoms with Crippen LogP contribution in [0.3, 0.4) is 0 Å². The Bertz CT molecular complexity index is 472. The fourth-order valence-corrected chi connectivity index (χ4v) is 2.32. The molecule has 1 aromatic carbocycles. The van der Waals surface area contributed by atoms with E-state index in [1.807, 2.05) is 13.8 Å². The molecule has 0 heterocycles. The van der Waals surface area contributed by atoms with E-state index in [1.165, 1.54) is 6.07 Å². The Kier molecular flexibility index (Phi) is 4.79. The number of hydrogen-bond acceptors (Lipinski definition) is 5. The molecule has 1 aliphatic rings. The lowest BCUT2D eigenvalue weighted by atomic mass is 9.89. The van der Waals surface area contributed by atoms with Crippen molar-refractivity contribution in [2.75, 3.05) is 18.5 Å². The van der Waals surface area contributed by atoms with Gasteiger partial charge in [0, 0.05) is 12.6 Å². The van der Waals surface area contributed by atoms with Crippen LogP contribution in [0.2, 0.25) is 0 Å². The zero-order valence-electron chi connectivity index (χ0n) is 11.8. The van der Waals surface area contributed by atoms with Gasteiger partial charge in [0.15, 0.2) is 0 Å². The third kappa shape index (κ3) is 3.39. The van der Waals surface area contributed by atoms with Gasteiger partial charge in [0.05, 0.1) is 23.7 Å². The van der Waals surface area contributed by atoms with Crippen molar-refractivity contribution in [2.45, 2.75) is 38.8 Å². The second kappa shape index (κ2) is 6.56. The molecule has 0 bridgehead atoms. The van der Waals surface area contributed by atoms with E-state index in [1.54, 1.807) is 12.1 Å². The standard InChI is InChI=1S/C14H20N2O4/c1-3-19-11-5-6-13(14(9-11)16(17)18)15-10-7-12(8-10)20-4-2/h5-6,9-10,12,15H,3-4,7-8H2,1-2H3. The van der Waals surface area contributed by atoms with Gasteiger partial charge in [-0.05, 0) is 38.8 Å². The molecule has 0 aliphatic heterocycles. The predicted octanol–water partition coefficient (Wildman–Crippen LogP) is 2.97. The van der Waals surface area contributed by atoms with Crippen molar-refractivity contribution >= 4 is 11.4 Å². The molecule has 0 aromatic heterocycles. The SMILES string of the molecule is CCOc1ccc(NC2CC(OCC)C2)c([N+](=O)[O-])c1. The van der Waals surface area contributed by atoms with Crippen molar-refractivity contribution < 1.29 is 14.4 Å². The summed E-state index contributed by atoms with van der Waals surface area (Å²) in [7, 11) is 0. The minimum Gasteiger partial charge on any atom is -0.494 e. The Hall–Kier alpha value is -1.82.